The van der Waals surface area contributed by atoms with Crippen LogP contribution in [0.1, 0.15) is 25.3 Å². The van der Waals surface area contributed by atoms with Crippen molar-refractivity contribution in [3.05, 3.63) is 42.0 Å². The Morgan fingerprint density at radius 1 is 1.19 bits per heavy atom. The van der Waals surface area contributed by atoms with E-state index in [9.17, 15) is 5.11 Å². The Balaban J connectivity index is 1.91. The smallest absolute Gasteiger partial charge is 0.120 e. The van der Waals surface area contributed by atoms with Gasteiger partial charge in [0.25, 0.3) is 0 Å². The molecule has 3 rings (SSSR count). The van der Waals surface area contributed by atoms with Crippen LogP contribution in [-0.2, 0) is 6.54 Å². The van der Waals surface area contributed by atoms with Gasteiger partial charge in [-0.3, -0.25) is 4.90 Å². The molecule has 0 radical (unpaired) electrons. The van der Waals surface area contributed by atoms with Gasteiger partial charge in [0, 0.05) is 24.7 Å². The largest absolute Gasteiger partial charge is 0.508 e. The van der Waals surface area contributed by atoms with Crippen LogP contribution in [0.25, 0.3) is 10.8 Å². The van der Waals surface area contributed by atoms with Gasteiger partial charge in [-0.25, -0.2) is 0 Å². The van der Waals surface area contributed by atoms with Crippen LogP contribution < -0.4 is 5.73 Å². The highest BCUT2D eigenvalue weighted by atomic mass is 16.3. The predicted molar refractivity (Wildman–Crippen MR) is 87.3 cm³/mol. The summed E-state index contributed by atoms with van der Waals surface area (Å²) in [6, 6.07) is 12.6. The first-order chi connectivity index (χ1) is 10.2. The maximum atomic E-state index is 10.3. The van der Waals surface area contributed by atoms with Crippen LogP contribution >= 0.6 is 0 Å². The quantitative estimate of drug-likeness (QED) is 0.910. The number of rotatable bonds is 3. The van der Waals surface area contributed by atoms with Crippen LogP contribution in [0.3, 0.4) is 0 Å². The molecule has 21 heavy (non-hydrogen) atoms. The fourth-order valence-electron chi connectivity index (χ4n) is 3.37. The number of hydrogen-bond acceptors (Lipinski definition) is 3. The first-order valence-electron chi connectivity index (χ1n) is 7.82. The summed E-state index contributed by atoms with van der Waals surface area (Å²) in [6.45, 7) is 4.85. The minimum Gasteiger partial charge on any atom is -0.508 e. The normalized spacial score (nSPS) is 23.5. The first-order valence-corrected chi connectivity index (χ1v) is 7.82. The number of nitrogens with zero attached hydrogens (tertiary/aromatic N) is 1. The van der Waals surface area contributed by atoms with E-state index in [-0.39, 0.29) is 0 Å². The van der Waals surface area contributed by atoms with Gasteiger partial charge in [0.05, 0.1) is 0 Å². The third-order valence-electron chi connectivity index (χ3n) is 4.82. The summed E-state index contributed by atoms with van der Waals surface area (Å²) in [7, 11) is 0. The topological polar surface area (TPSA) is 49.5 Å². The van der Waals surface area contributed by atoms with Gasteiger partial charge in [-0.15, -0.1) is 0 Å². The van der Waals surface area contributed by atoms with E-state index in [4.69, 9.17) is 5.73 Å². The van der Waals surface area contributed by atoms with Gasteiger partial charge < -0.3 is 10.8 Å². The number of phenolic OH excluding ortho intramolecular Hbond substituents is 1. The lowest BCUT2D eigenvalue weighted by Crippen LogP contribution is -2.43. The molecule has 1 saturated heterocycles. The Labute approximate surface area is 126 Å². The van der Waals surface area contributed by atoms with E-state index in [1.807, 2.05) is 24.3 Å². The van der Waals surface area contributed by atoms with Crippen molar-refractivity contribution < 1.29 is 5.11 Å². The van der Waals surface area contributed by atoms with Gasteiger partial charge in [-0.05, 0) is 49.1 Å². The molecular formula is C18H24N2O. The maximum Gasteiger partial charge on any atom is 0.120 e. The van der Waals surface area contributed by atoms with E-state index in [1.165, 1.54) is 18.2 Å². The molecule has 0 spiro atoms. The highest BCUT2D eigenvalue weighted by Gasteiger charge is 2.25. The standard InChI is InChI=1S/C18H24N2O/c1-13-6-7-14(10-19)11-20(13)12-17-16-5-3-2-4-15(16)8-9-18(17)21/h2-5,8-9,13-14,21H,6-7,10-12,19H2,1H3. The number of aromatic hydroxyl groups is 1. The van der Waals surface area contributed by atoms with Gasteiger partial charge in [-0.1, -0.05) is 30.3 Å². The predicted octanol–water partition coefficient (Wildman–Crippen LogP) is 3.10. The summed E-state index contributed by atoms with van der Waals surface area (Å²) in [6.07, 6.45) is 2.41. The third kappa shape index (κ3) is 2.89. The van der Waals surface area contributed by atoms with E-state index < -0.39 is 0 Å². The molecule has 2 aromatic rings. The lowest BCUT2D eigenvalue weighted by Gasteiger charge is -2.38. The molecule has 1 fully saturated rings. The van der Waals surface area contributed by atoms with Gasteiger partial charge in [0.15, 0.2) is 0 Å². The molecule has 0 aromatic heterocycles. The van der Waals surface area contributed by atoms with Crippen molar-refractivity contribution in [1.82, 2.24) is 4.90 Å². The van der Waals surface area contributed by atoms with Crippen molar-refractivity contribution in [3.63, 3.8) is 0 Å². The molecular weight excluding hydrogens is 260 g/mol. The number of hydrogen-bond donors (Lipinski definition) is 2. The zero-order valence-electron chi connectivity index (χ0n) is 12.6. The summed E-state index contributed by atoms with van der Waals surface area (Å²) < 4.78 is 0. The summed E-state index contributed by atoms with van der Waals surface area (Å²) in [5, 5.41) is 12.6. The number of piperidine rings is 1. The number of likely N-dealkylation sites (tertiary alicyclic amines) is 1. The average Bonchev–Trinajstić information content (AvgIpc) is 2.52. The molecule has 1 aliphatic rings. The monoisotopic (exact) mass is 284 g/mol. The van der Waals surface area contributed by atoms with Crippen molar-refractivity contribution in [2.75, 3.05) is 13.1 Å². The van der Waals surface area contributed by atoms with Crippen molar-refractivity contribution >= 4 is 10.8 Å². The average molecular weight is 284 g/mol. The molecule has 2 unspecified atom stereocenters. The van der Waals surface area contributed by atoms with Crippen LogP contribution in [0, 0.1) is 5.92 Å². The lowest BCUT2D eigenvalue weighted by molar-refractivity contribution is 0.113. The molecule has 0 amide bonds. The van der Waals surface area contributed by atoms with Gasteiger partial charge in [0.2, 0.25) is 0 Å². The highest BCUT2D eigenvalue weighted by Crippen LogP contribution is 2.31. The van der Waals surface area contributed by atoms with Crippen LogP contribution in [0.2, 0.25) is 0 Å². The van der Waals surface area contributed by atoms with Crippen molar-refractivity contribution in [3.8, 4) is 5.75 Å². The fraction of sp³-hybridized carbons (Fsp3) is 0.444. The van der Waals surface area contributed by atoms with E-state index >= 15 is 0 Å². The second-order valence-corrected chi connectivity index (χ2v) is 6.24. The van der Waals surface area contributed by atoms with Crippen LogP contribution in [0.4, 0.5) is 0 Å². The molecule has 2 atom stereocenters. The van der Waals surface area contributed by atoms with Crippen molar-refractivity contribution in [2.45, 2.75) is 32.4 Å². The summed E-state index contributed by atoms with van der Waals surface area (Å²) in [5.41, 5.74) is 6.89. The second kappa shape index (κ2) is 6.04. The minimum absolute atomic E-state index is 0.399. The summed E-state index contributed by atoms with van der Waals surface area (Å²) >= 11 is 0. The van der Waals surface area contributed by atoms with Crippen molar-refractivity contribution in [1.29, 1.82) is 0 Å². The minimum atomic E-state index is 0.399. The molecule has 112 valence electrons. The molecule has 2 aromatic carbocycles. The van der Waals surface area contributed by atoms with Crippen LogP contribution in [-0.4, -0.2) is 29.1 Å². The Bertz CT molecular complexity index is 626. The number of benzene rings is 2. The Kier molecular flexibility index (Phi) is 4.13. The first kappa shape index (κ1) is 14.4. The second-order valence-electron chi connectivity index (χ2n) is 6.24. The SMILES string of the molecule is CC1CCC(CN)CN1Cc1c(O)ccc2ccccc12. The zero-order chi connectivity index (χ0) is 14.8. The maximum absolute atomic E-state index is 10.3. The Hall–Kier alpha value is -1.58. The molecule has 1 aliphatic heterocycles. The van der Waals surface area contributed by atoms with Crippen molar-refractivity contribution in [2.24, 2.45) is 11.7 Å². The Morgan fingerprint density at radius 3 is 2.81 bits per heavy atom. The lowest BCUT2D eigenvalue weighted by atomic mass is 9.92. The number of nitrogens with two attached hydrogens (primary N) is 1. The molecule has 1 heterocycles. The Morgan fingerprint density at radius 2 is 2.00 bits per heavy atom. The van der Waals surface area contributed by atoms with E-state index in [0.29, 0.717) is 17.7 Å². The number of phenols is 1. The van der Waals surface area contributed by atoms with E-state index in [1.54, 1.807) is 0 Å². The fourth-order valence-corrected chi connectivity index (χ4v) is 3.37. The molecule has 0 bridgehead atoms. The van der Waals surface area contributed by atoms with Crippen LogP contribution in [0.15, 0.2) is 36.4 Å². The zero-order valence-corrected chi connectivity index (χ0v) is 12.6. The van der Waals surface area contributed by atoms with E-state index in [0.717, 1.165) is 30.6 Å². The number of fused-ring (bicyclic) bond motifs is 1. The summed E-state index contributed by atoms with van der Waals surface area (Å²) in [5.74, 6) is 0.981. The van der Waals surface area contributed by atoms with Crippen LogP contribution in [0.5, 0.6) is 5.75 Å². The van der Waals surface area contributed by atoms with Gasteiger partial charge in [0.1, 0.15) is 5.75 Å². The molecule has 3 N–H and O–H groups in total. The molecule has 0 saturated carbocycles. The molecule has 3 nitrogen and oxygen atoms in total. The van der Waals surface area contributed by atoms with Gasteiger partial charge in [-0.2, -0.15) is 0 Å². The van der Waals surface area contributed by atoms with E-state index in [2.05, 4.69) is 24.0 Å². The third-order valence-corrected chi connectivity index (χ3v) is 4.82. The molecule has 3 heteroatoms. The summed E-state index contributed by atoms with van der Waals surface area (Å²) in [4.78, 5) is 2.46. The van der Waals surface area contributed by atoms with Gasteiger partial charge >= 0.3 is 0 Å². The highest BCUT2D eigenvalue weighted by molar-refractivity contribution is 5.87. The molecule has 0 aliphatic carbocycles.